The summed E-state index contributed by atoms with van der Waals surface area (Å²) < 4.78 is 10.5. The van der Waals surface area contributed by atoms with E-state index in [0.717, 1.165) is 17.5 Å². The molecule has 0 heterocycles. The molecule has 0 aromatic heterocycles. The molecule has 2 aromatic carbocycles. The van der Waals surface area contributed by atoms with E-state index < -0.39 is 0 Å². The Morgan fingerprint density at radius 3 is 1.84 bits per heavy atom. The topological polar surface area (TPSA) is 76.7 Å². The highest BCUT2D eigenvalue weighted by Crippen LogP contribution is 2.27. The molecule has 0 fully saturated rings. The number of hydrogen-bond donors (Lipinski definition) is 2. The first-order valence-electron chi connectivity index (χ1n) is 10.5. The molecule has 0 saturated carbocycles. The van der Waals surface area contributed by atoms with E-state index in [4.69, 9.17) is 21.1 Å². The van der Waals surface area contributed by atoms with Crippen molar-refractivity contribution in [1.29, 1.82) is 0 Å². The molecule has 0 atom stereocenters. The molecule has 31 heavy (non-hydrogen) atoms. The van der Waals surface area contributed by atoms with E-state index in [1.54, 1.807) is 14.2 Å². The van der Waals surface area contributed by atoms with Gasteiger partial charge in [0.2, 0.25) is 11.8 Å². The lowest BCUT2D eigenvalue weighted by Crippen LogP contribution is -2.26. The van der Waals surface area contributed by atoms with Crippen molar-refractivity contribution < 1.29 is 19.1 Å². The maximum Gasteiger partial charge on any atom is 0.220 e. The highest BCUT2D eigenvalue weighted by atomic mass is 35.5. The van der Waals surface area contributed by atoms with Gasteiger partial charge in [0.15, 0.2) is 11.5 Å². The third-order valence-corrected chi connectivity index (χ3v) is 5.14. The van der Waals surface area contributed by atoms with Gasteiger partial charge in [-0.1, -0.05) is 29.8 Å². The number of ether oxygens (including phenoxy) is 2. The molecule has 0 aliphatic heterocycles. The number of amides is 2. The highest BCUT2D eigenvalue weighted by molar-refractivity contribution is 6.30. The Morgan fingerprint density at radius 1 is 0.774 bits per heavy atom. The fourth-order valence-corrected chi connectivity index (χ4v) is 3.25. The van der Waals surface area contributed by atoms with Crippen LogP contribution in [0.3, 0.4) is 0 Å². The number of halogens is 1. The largest absolute Gasteiger partial charge is 0.493 e. The summed E-state index contributed by atoms with van der Waals surface area (Å²) in [6.45, 7) is 1.15. The fourth-order valence-electron chi connectivity index (χ4n) is 3.13. The number of carbonyl (C=O) groups is 2. The summed E-state index contributed by atoms with van der Waals surface area (Å²) in [5.41, 5.74) is 2.20. The average Bonchev–Trinajstić information content (AvgIpc) is 2.78. The van der Waals surface area contributed by atoms with Crippen molar-refractivity contribution in [1.82, 2.24) is 10.6 Å². The Hall–Kier alpha value is -2.73. The van der Waals surface area contributed by atoms with Crippen molar-refractivity contribution in [3.8, 4) is 11.5 Å². The summed E-state index contributed by atoms with van der Waals surface area (Å²) in [7, 11) is 3.20. The second kappa shape index (κ2) is 13.5. The van der Waals surface area contributed by atoms with Gasteiger partial charge in [0.05, 0.1) is 14.2 Å². The van der Waals surface area contributed by atoms with Crippen molar-refractivity contribution in [3.05, 3.63) is 58.6 Å². The zero-order chi connectivity index (χ0) is 22.5. The zero-order valence-corrected chi connectivity index (χ0v) is 19.0. The van der Waals surface area contributed by atoms with Crippen LogP contribution in [0, 0.1) is 0 Å². The number of methoxy groups -OCH3 is 2. The number of carbonyl (C=O) groups excluding carboxylic acids is 2. The Labute approximate surface area is 189 Å². The van der Waals surface area contributed by atoms with Crippen LogP contribution in [0.5, 0.6) is 11.5 Å². The molecule has 0 aliphatic rings. The summed E-state index contributed by atoms with van der Waals surface area (Å²) >= 11 is 5.86. The molecule has 0 radical (unpaired) electrons. The van der Waals surface area contributed by atoms with E-state index in [-0.39, 0.29) is 11.8 Å². The van der Waals surface area contributed by atoms with Crippen molar-refractivity contribution in [3.63, 3.8) is 0 Å². The normalized spacial score (nSPS) is 10.4. The number of hydrogen-bond acceptors (Lipinski definition) is 4. The third-order valence-electron chi connectivity index (χ3n) is 4.89. The third kappa shape index (κ3) is 9.30. The van der Waals surface area contributed by atoms with Crippen LogP contribution in [0.25, 0.3) is 0 Å². The maximum atomic E-state index is 12.0. The molecular formula is C24H31ClN2O4. The molecule has 168 valence electrons. The smallest absolute Gasteiger partial charge is 0.220 e. The van der Waals surface area contributed by atoms with E-state index in [9.17, 15) is 9.59 Å². The Morgan fingerprint density at radius 2 is 1.29 bits per heavy atom. The molecule has 6 nitrogen and oxygen atoms in total. The first kappa shape index (κ1) is 24.5. The predicted octanol–water partition coefficient (Wildman–Crippen LogP) is 3.94. The van der Waals surface area contributed by atoms with Gasteiger partial charge in [-0.15, -0.1) is 0 Å². The van der Waals surface area contributed by atoms with Crippen LogP contribution in [-0.4, -0.2) is 39.1 Å². The number of rotatable bonds is 13. The van der Waals surface area contributed by atoms with Gasteiger partial charge in [-0.3, -0.25) is 9.59 Å². The summed E-state index contributed by atoms with van der Waals surface area (Å²) in [5, 5.41) is 6.54. The summed E-state index contributed by atoms with van der Waals surface area (Å²) in [6, 6.07) is 13.3. The quantitative estimate of drug-likeness (QED) is 0.457. The van der Waals surface area contributed by atoms with Gasteiger partial charge in [0.1, 0.15) is 0 Å². The standard InChI is InChI=1S/C24H31ClN2O4/c1-30-21-12-9-19(17-22(21)31-2)14-16-27-24(29)6-4-3-5-23(28)26-15-13-18-7-10-20(25)11-8-18/h7-12,17H,3-6,13-16H2,1-2H3,(H,26,28)(H,27,29). The van der Waals surface area contributed by atoms with Crippen molar-refractivity contribution >= 4 is 23.4 Å². The van der Waals surface area contributed by atoms with Crippen LogP contribution in [0.1, 0.15) is 36.8 Å². The van der Waals surface area contributed by atoms with Gasteiger partial charge < -0.3 is 20.1 Å². The molecule has 2 aromatic rings. The van der Waals surface area contributed by atoms with E-state index in [0.29, 0.717) is 61.7 Å². The molecular weight excluding hydrogens is 416 g/mol. The molecule has 0 unspecified atom stereocenters. The Balaban J connectivity index is 1.53. The van der Waals surface area contributed by atoms with Gasteiger partial charge >= 0.3 is 0 Å². The first-order valence-corrected chi connectivity index (χ1v) is 10.9. The van der Waals surface area contributed by atoms with E-state index in [1.165, 1.54) is 0 Å². The van der Waals surface area contributed by atoms with Crippen LogP contribution < -0.4 is 20.1 Å². The molecule has 2 N–H and O–H groups in total. The van der Waals surface area contributed by atoms with Gasteiger partial charge in [-0.05, 0) is 61.1 Å². The monoisotopic (exact) mass is 446 g/mol. The van der Waals surface area contributed by atoms with Crippen LogP contribution in [-0.2, 0) is 22.4 Å². The van der Waals surface area contributed by atoms with Crippen molar-refractivity contribution in [2.24, 2.45) is 0 Å². The highest BCUT2D eigenvalue weighted by Gasteiger charge is 2.07. The number of benzene rings is 2. The van der Waals surface area contributed by atoms with Gasteiger partial charge in [-0.25, -0.2) is 0 Å². The van der Waals surface area contributed by atoms with Gasteiger partial charge in [0.25, 0.3) is 0 Å². The Bertz CT molecular complexity index is 840. The van der Waals surface area contributed by atoms with Gasteiger partial charge in [-0.2, -0.15) is 0 Å². The van der Waals surface area contributed by atoms with E-state index >= 15 is 0 Å². The summed E-state index contributed by atoms with van der Waals surface area (Å²) in [6.07, 6.45) is 3.71. The van der Waals surface area contributed by atoms with E-state index in [2.05, 4.69) is 10.6 Å². The lowest BCUT2D eigenvalue weighted by Gasteiger charge is -2.10. The molecule has 2 amide bonds. The lowest BCUT2D eigenvalue weighted by molar-refractivity contribution is -0.123. The lowest BCUT2D eigenvalue weighted by atomic mass is 10.1. The fraction of sp³-hybridized carbons (Fsp3) is 0.417. The van der Waals surface area contributed by atoms with Crippen LogP contribution in [0.15, 0.2) is 42.5 Å². The predicted molar refractivity (Wildman–Crippen MR) is 123 cm³/mol. The molecule has 2 rings (SSSR count). The van der Waals surface area contributed by atoms with Gasteiger partial charge in [0, 0.05) is 31.0 Å². The number of nitrogens with one attached hydrogen (secondary N) is 2. The van der Waals surface area contributed by atoms with Crippen molar-refractivity contribution in [2.45, 2.75) is 38.5 Å². The van der Waals surface area contributed by atoms with Crippen LogP contribution in [0.4, 0.5) is 0 Å². The van der Waals surface area contributed by atoms with Crippen LogP contribution >= 0.6 is 11.6 Å². The molecule has 7 heteroatoms. The minimum atomic E-state index is 0.00335. The second-order valence-corrected chi connectivity index (χ2v) is 7.66. The molecule has 0 spiro atoms. The molecule has 0 aliphatic carbocycles. The zero-order valence-electron chi connectivity index (χ0n) is 18.2. The molecule has 0 bridgehead atoms. The van der Waals surface area contributed by atoms with Crippen molar-refractivity contribution in [2.75, 3.05) is 27.3 Å². The minimum absolute atomic E-state index is 0.00335. The van der Waals surface area contributed by atoms with E-state index in [1.807, 2.05) is 42.5 Å². The maximum absolute atomic E-state index is 12.0. The summed E-state index contributed by atoms with van der Waals surface area (Å²) in [5.74, 6) is 1.38. The Kier molecular flexibility index (Phi) is 10.7. The summed E-state index contributed by atoms with van der Waals surface area (Å²) in [4.78, 5) is 23.9. The first-order chi connectivity index (χ1) is 15.0. The second-order valence-electron chi connectivity index (χ2n) is 7.22. The number of unbranched alkanes of at least 4 members (excludes halogenated alkanes) is 1. The minimum Gasteiger partial charge on any atom is -0.493 e. The van der Waals surface area contributed by atoms with Crippen LogP contribution in [0.2, 0.25) is 5.02 Å². The molecule has 0 saturated heterocycles. The SMILES string of the molecule is COc1ccc(CCNC(=O)CCCCC(=O)NCCc2ccc(Cl)cc2)cc1OC. The average molecular weight is 447 g/mol.